The Kier molecular flexibility index (Phi) is 5.53. The minimum Gasteiger partial charge on any atom is -0.465 e. The molecule has 22 heavy (non-hydrogen) atoms. The number of ether oxygens (including phenoxy) is 2. The fraction of sp³-hybridized carbons (Fsp3) is 0.125. The summed E-state index contributed by atoms with van der Waals surface area (Å²) < 4.78 is 9.57. The van der Waals surface area contributed by atoms with E-state index in [9.17, 15) is 9.59 Å². The molecule has 0 aliphatic rings. The molecule has 114 valence electrons. The Hall–Kier alpha value is -1.90. The predicted molar refractivity (Wildman–Crippen MR) is 87.6 cm³/mol. The van der Waals surface area contributed by atoms with Gasteiger partial charge < -0.3 is 9.47 Å². The molecule has 0 fully saturated rings. The van der Waals surface area contributed by atoms with Crippen LogP contribution in [0.5, 0.6) is 0 Å². The quantitative estimate of drug-likeness (QED) is 0.636. The number of benzene rings is 2. The second-order valence-corrected chi connectivity index (χ2v) is 6.84. The summed E-state index contributed by atoms with van der Waals surface area (Å²) >= 11 is 6.59. The molecule has 6 heteroatoms. The molecular formula is C16H14ClO4P. The number of carbonyl (C=O) groups excluding carboxylic acids is 2. The highest BCUT2D eigenvalue weighted by atomic mass is 35.7. The smallest absolute Gasteiger partial charge is 0.338 e. The van der Waals surface area contributed by atoms with Crippen LogP contribution in [0.15, 0.2) is 48.5 Å². The Morgan fingerprint density at radius 1 is 0.818 bits per heavy atom. The molecule has 0 amide bonds. The second kappa shape index (κ2) is 7.39. The first-order valence-electron chi connectivity index (χ1n) is 6.40. The first-order valence-corrected chi connectivity index (χ1v) is 8.65. The number of rotatable bonds is 4. The van der Waals surface area contributed by atoms with Crippen LogP contribution in [0.4, 0.5) is 0 Å². The first-order chi connectivity index (χ1) is 10.6. The van der Waals surface area contributed by atoms with Crippen LogP contribution in [-0.2, 0) is 9.47 Å². The summed E-state index contributed by atoms with van der Waals surface area (Å²) in [6.45, 7) is 0. The molecule has 0 aliphatic carbocycles. The molecule has 2 rings (SSSR count). The van der Waals surface area contributed by atoms with E-state index in [2.05, 4.69) is 0 Å². The van der Waals surface area contributed by atoms with Gasteiger partial charge in [-0.25, -0.2) is 9.59 Å². The first kappa shape index (κ1) is 16.5. The van der Waals surface area contributed by atoms with Crippen LogP contribution in [0.1, 0.15) is 20.7 Å². The number of methoxy groups -OCH3 is 2. The molecule has 2 aromatic carbocycles. The number of hydrogen-bond acceptors (Lipinski definition) is 4. The Labute approximate surface area is 134 Å². The molecule has 0 heterocycles. The van der Waals surface area contributed by atoms with Gasteiger partial charge in [-0.05, 0) is 12.1 Å². The Bertz CT molecular complexity index is 643. The summed E-state index contributed by atoms with van der Waals surface area (Å²) in [6, 6.07) is 13.9. The maximum absolute atomic E-state index is 11.9. The molecule has 0 unspecified atom stereocenters. The van der Waals surface area contributed by atoms with Crippen LogP contribution in [-0.4, -0.2) is 26.2 Å². The molecule has 2 aromatic rings. The van der Waals surface area contributed by atoms with E-state index >= 15 is 0 Å². The topological polar surface area (TPSA) is 52.6 Å². The van der Waals surface area contributed by atoms with Crippen LogP contribution < -0.4 is 10.6 Å². The van der Waals surface area contributed by atoms with Crippen molar-refractivity contribution in [3.05, 3.63) is 59.7 Å². The van der Waals surface area contributed by atoms with Crippen LogP contribution in [0.3, 0.4) is 0 Å². The molecule has 0 N–H and O–H groups in total. The van der Waals surface area contributed by atoms with E-state index in [0.717, 1.165) is 0 Å². The fourth-order valence-corrected chi connectivity index (χ4v) is 4.32. The molecule has 0 radical (unpaired) electrons. The highest BCUT2D eigenvalue weighted by molar-refractivity contribution is 7.95. The zero-order valence-electron chi connectivity index (χ0n) is 12.1. The predicted octanol–water partition coefficient (Wildman–Crippen LogP) is 2.85. The third-order valence-corrected chi connectivity index (χ3v) is 5.76. The number of hydrogen-bond donors (Lipinski definition) is 0. The van der Waals surface area contributed by atoms with E-state index in [0.29, 0.717) is 21.7 Å². The van der Waals surface area contributed by atoms with E-state index in [1.807, 2.05) is 0 Å². The summed E-state index contributed by atoms with van der Waals surface area (Å²) in [5.74, 6) is -0.918. The standard InChI is InChI=1S/C16H14ClO4P/c1-20-15(18)11-7-3-5-9-13(11)22(17)14-10-6-4-8-12(14)16(19)21-2/h3-10H,1-2H3. The van der Waals surface area contributed by atoms with E-state index in [1.165, 1.54) is 14.2 Å². The molecule has 0 aliphatic heterocycles. The fourth-order valence-electron chi connectivity index (χ4n) is 1.98. The number of halogens is 1. The summed E-state index contributed by atoms with van der Waals surface area (Å²) in [5.41, 5.74) is 0.788. The summed E-state index contributed by atoms with van der Waals surface area (Å²) in [6.07, 6.45) is 0. The number of esters is 2. The average Bonchev–Trinajstić information content (AvgIpc) is 2.59. The van der Waals surface area contributed by atoms with Crippen LogP contribution >= 0.6 is 18.5 Å². The van der Waals surface area contributed by atoms with Gasteiger partial charge in [0.25, 0.3) is 0 Å². The lowest BCUT2D eigenvalue weighted by molar-refractivity contribution is 0.0593. The summed E-state index contributed by atoms with van der Waals surface area (Å²) in [7, 11) is 1.22. The minimum atomic E-state index is -1.42. The summed E-state index contributed by atoms with van der Waals surface area (Å²) in [4.78, 5) is 23.8. The van der Waals surface area contributed by atoms with E-state index in [4.69, 9.17) is 20.7 Å². The maximum Gasteiger partial charge on any atom is 0.338 e. The van der Waals surface area contributed by atoms with Gasteiger partial charge >= 0.3 is 11.9 Å². The summed E-state index contributed by atoms with van der Waals surface area (Å²) in [5, 5.41) is 1.28. The van der Waals surface area contributed by atoms with Crippen molar-refractivity contribution in [3.63, 3.8) is 0 Å². The van der Waals surface area contributed by atoms with Gasteiger partial charge in [-0.15, -0.1) is 0 Å². The van der Waals surface area contributed by atoms with Crippen molar-refractivity contribution < 1.29 is 19.1 Å². The molecule has 0 saturated heterocycles. The van der Waals surface area contributed by atoms with Gasteiger partial charge in [-0.3, -0.25) is 0 Å². The maximum atomic E-state index is 11.9. The molecule has 0 atom stereocenters. The van der Waals surface area contributed by atoms with Crippen molar-refractivity contribution in [2.24, 2.45) is 0 Å². The molecule has 0 aromatic heterocycles. The van der Waals surface area contributed by atoms with Crippen molar-refractivity contribution in [2.75, 3.05) is 14.2 Å². The molecular weight excluding hydrogens is 323 g/mol. The van der Waals surface area contributed by atoms with Crippen molar-refractivity contribution in [3.8, 4) is 0 Å². The van der Waals surface area contributed by atoms with Gasteiger partial charge in [-0.1, -0.05) is 47.6 Å². The van der Waals surface area contributed by atoms with E-state index in [-0.39, 0.29) is 0 Å². The Balaban J connectivity index is 2.52. The Morgan fingerprint density at radius 2 is 1.18 bits per heavy atom. The molecule has 0 bridgehead atoms. The van der Waals surface area contributed by atoms with Crippen molar-refractivity contribution in [2.45, 2.75) is 0 Å². The number of carbonyl (C=O) groups is 2. The highest BCUT2D eigenvalue weighted by Crippen LogP contribution is 2.41. The van der Waals surface area contributed by atoms with E-state index in [1.54, 1.807) is 48.5 Å². The van der Waals surface area contributed by atoms with Crippen molar-refractivity contribution >= 4 is 41.1 Å². The molecule has 4 nitrogen and oxygen atoms in total. The van der Waals surface area contributed by atoms with Gasteiger partial charge in [-0.2, -0.15) is 0 Å². The van der Waals surface area contributed by atoms with Crippen molar-refractivity contribution in [1.82, 2.24) is 0 Å². The van der Waals surface area contributed by atoms with Crippen LogP contribution in [0.2, 0.25) is 0 Å². The second-order valence-electron chi connectivity index (χ2n) is 4.30. The Morgan fingerprint density at radius 3 is 1.55 bits per heavy atom. The van der Waals surface area contributed by atoms with Crippen LogP contribution in [0.25, 0.3) is 0 Å². The van der Waals surface area contributed by atoms with Gasteiger partial charge in [0.1, 0.15) is 0 Å². The molecule has 0 spiro atoms. The zero-order chi connectivity index (χ0) is 16.1. The average molecular weight is 337 g/mol. The SMILES string of the molecule is COC(=O)c1ccccc1P(Cl)c1ccccc1C(=O)OC. The minimum absolute atomic E-state index is 0.394. The van der Waals surface area contributed by atoms with Gasteiger partial charge in [0.2, 0.25) is 0 Å². The molecule has 0 saturated carbocycles. The zero-order valence-corrected chi connectivity index (χ0v) is 13.7. The third-order valence-electron chi connectivity index (χ3n) is 3.04. The van der Waals surface area contributed by atoms with Crippen molar-refractivity contribution in [1.29, 1.82) is 0 Å². The largest absolute Gasteiger partial charge is 0.465 e. The lowest BCUT2D eigenvalue weighted by atomic mass is 10.2. The lowest BCUT2D eigenvalue weighted by Gasteiger charge is -2.16. The van der Waals surface area contributed by atoms with Gasteiger partial charge in [0.05, 0.1) is 32.6 Å². The van der Waals surface area contributed by atoms with Crippen LogP contribution in [0, 0.1) is 0 Å². The lowest BCUT2D eigenvalue weighted by Crippen LogP contribution is -2.21. The normalized spacial score (nSPS) is 10.4. The van der Waals surface area contributed by atoms with Gasteiger partial charge in [0.15, 0.2) is 0 Å². The monoisotopic (exact) mass is 336 g/mol. The highest BCUT2D eigenvalue weighted by Gasteiger charge is 2.23. The van der Waals surface area contributed by atoms with Gasteiger partial charge in [0, 0.05) is 10.6 Å². The van der Waals surface area contributed by atoms with E-state index < -0.39 is 19.2 Å². The third kappa shape index (κ3) is 3.29.